The number of unbranched alkanes of at least 4 members (excludes halogenated alkanes) is 1. The number of hydrogen-bond acceptors (Lipinski definition) is 5. The van der Waals surface area contributed by atoms with Crippen LogP contribution < -0.4 is 0 Å². The molecule has 0 saturated carbocycles. The molecule has 2 amide bonds. The Bertz CT molecular complexity index is 845. The molecule has 0 unspecified atom stereocenters. The fourth-order valence-corrected chi connectivity index (χ4v) is 2.90. The number of rotatable bonds is 6. The molecule has 1 heterocycles. The standard InChI is InChI=1S/C19H16ClNO5/c20-12-7-8-15(16(22)11-12)19(25)26-10-4-3-9-21-17(23)13-5-1-2-6-14(13)18(21)24/h1-2,5-8,11,22H,3-4,9-10H2. The predicted octanol–water partition coefficient (Wildman–Crippen LogP) is 3.28. The molecule has 1 aliphatic rings. The number of halogens is 1. The molecule has 6 nitrogen and oxygen atoms in total. The van der Waals surface area contributed by atoms with Crippen molar-refractivity contribution in [2.75, 3.05) is 13.2 Å². The van der Waals surface area contributed by atoms with Gasteiger partial charge in [-0.3, -0.25) is 14.5 Å². The number of nitrogens with zero attached hydrogens (tertiary/aromatic N) is 1. The zero-order valence-corrected chi connectivity index (χ0v) is 14.5. The number of ether oxygens (including phenoxy) is 1. The lowest BCUT2D eigenvalue weighted by Gasteiger charge is -2.13. The normalized spacial score (nSPS) is 13.0. The molecule has 0 radical (unpaired) electrons. The van der Waals surface area contributed by atoms with Crippen LogP contribution in [0.15, 0.2) is 42.5 Å². The molecule has 2 aromatic rings. The van der Waals surface area contributed by atoms with Crippen molar-refractivity contribution in [2.24, 2.45) is 0 Å². The number of hydrogen-bond donors (Lipinski definition) is 1. The first-order valence-corrected chi connectivity index (χ1v) is 8.47. The first-order valence-electron chi connectivity index (χ1n) is 8.10. The number of phenolic OH excluding ortho intramolecular Hbond substituents is 1. The van der Waals surface area contributed by atoms with Crippen molar-refractivity contribution < 1.29 is 24.2 Å². The van der Waals surface area contributed by atoms with E-state index in [-0.39, 0.29) is 36.3 Å². The second kappa shape index (κ2) is 7.58. The lowest BCUT2D eigenvalue weighted by molar-refractivity contribution is 0.0482. The van der Waals surface area contributed by atoms with Crippen molar-refractivity contribution in [2.45, 2.75) is 12.8 Å². The summed E-state index contributed by atoms with van der Waals surface area (Å²) in [7, 11) is 0. The van der Waals surface area contributed by atoms with Crippen LogP contribution in [0, 0.1) is 0 Å². The summed E-state index contributed by atoms with van der Waals surface area (Å²) in [4.78, 5) is 37.5. The number of phenols is 1. The Labute approximate surface area is 154 Å². The minimum atomic E-state index is -0.653. The van der Waals surface area contributed by atoms with Gasteiger partial charge in [0.15, 0.2) is 0 Å². The third-order valence-corrected chi connectivity index (χ3v) is 4.30. The Hall–Kier alpha value is -2.86. The van der Waals surface area contributed by atoms with Crippen LogP contribution in [-0.4, -0.2) is 40.9 Å². The maximum Gasteiger partial charge on any atom is 0.341 e. The molecule has 3 rings (SSSR count). The average molecular weight is 374 g/mol. The van der Waals surface area contributed by atoms with Gasteiger partial charge in [0.2, 0.25) is 0 Å². The molecule has 0 aromatic heterocycles. The van der Waals surface area contributed by atoms with Gasteiger partial charge < -0.3 is 9.84 Å². The Morgan fingerprint density at radius 2 is 1.69 bits per heavy atom. The van der Waals surface area contributed by atoms with Crippen LogP contribution in [0.25, 0.3) is 0 Å². The van der Waals surface area contributed by atoms with E-state index in [2.05, 4.69) is 0 Å². The average Bonchev–Trinajstić information content (AvgIpc) is 2.86. The van der Waals surface area contributed by atoms with Crippen molar-refractivity contribution in [3.05, 3.63) is 64.2 Å². The number of carbonyl (C=O) groups is 3. The molecule has 0 fully saturated rings. The zero-order chi connectivity index (χ0) is 18.7. The van der Waals surface area contributed by atoms with Crippen LogP contribution in [-0.2, 0) is 4.74 Å². The molecule has 134 valence electrons. The lowest BCUT2D eigenvalue weighted by atomic mass is 10.1. The highest BCUT2D eigenvalue weighted by atomic mass is 35.5. The Kier molecular flexibility index (Phi) is 5.23. The number of amides is 2. The molecule has 7 heteroatoms. The molecule has 2 aromatic carbocycles. The Balaban J connectivity index is 1.46. The molecule has 0 aliphatic carbocycles. The van der Waals surface area contributed by atoms with Gasteiger partial charge in [0.25, 0.3) is 11.8 Å². The van der Waals surface area contributed by atoms with Crippen molar-refractivity contribution in [3.63, 3.8) is 0 Å². The number of carbonyl (C=O) groups excluding carboxylic acids is 3. The molecule has 0 bridgehead atoms. The van der Waals surface area contributed by atoms with E-state index in [4.69, 9.17) is 16.3 Å². The van der Waals surface area contributed by atoms with Crippen molar-refractivity contribution >= 4 is 29.4 Å². The van der Waals surface area contributed by atoms with Gasteiger partial charge in [0, 0.05) is 11.6 Å². The molecule has 1 N–H and O–H groups in total. The van der Waals surface area contributed by atoms with Gasteiger partial charge in [-0.2, -0.15) is 0 Å². The van der Waals surface area contributed by atoms with Gasteiger partial charge >= 0.3 is 5.97 Å². The summed E-state index contributed by atoms with van der Waals surface area (Å²) in [5.41, 5.74) is 0.874. The van der Waals surface area contributed by atoms with E-state index in [1.807, 2.05) is 0 Å². The fourth-order valence-electron chi connectivity index (χ4n) is 2.73. The van der Waals surface area contributed by atoms with Gasteiger partial charge in [-0.1, -0.05) is 23.7 Å². The summed E-state index contributed by atoms with van der Waals surface area (Å²) in [5.74, 6) is -1.49. The van der Waals surface area contributed by atoms with Crippen LogP contribution in [0.4, 0.5) is 0 Å². The van der Waals surface area contributed by atoms with Gasteiger partial charge in [-0.15, -0.1) is 0 Å². The first kappa shape index (κ1) is 17.9. The maximum absolute atomic E-state index is 12.2. The van der Waals surface area contributed by atoms with E-state index in [1.165, 1.54) is 23.1 Å². The molecular formula is C19H16ClNO5. The molecule has 26 heavy (non-hydrogen) atoms. The number of fused-ring (bicyclic) bond motifs is 1. The van der Waals surface area contributed by atoms with Crippen molar-refractivity contribution in [1.82, 2.24) is 4.90 Å². The number of aromatic hydroxyl groups is 1. The van der Waals surface area contributed by atoms with Crippen LogP contribution >= 0.6 is 11.6 Å². The smallest absolute Gasteiger partial charge is 0.341 e. The number of imide groups is 1. The van der Waals surface area contributed by atoms with E-state index < -0.39 is 5.97 Å². The van der Waals surface area contributed by atoms with Crippen LogP contribution in [0.3, 0.4) is 0 Å². The zero-order valence-electron chi connectivity index (χ0n) is 13.8. The summed E-state index contributed by atoms with van der Waals surface area (Å²) < 4.78 is 5.10. The van der Waals surface area contributed by atoms with E-state index in [9.17, 15) is 19.5 Å². The molecule has 1 aliphatic heterocycles. The van der Waals surface area contributed by atoms with E-state index in [1.54, 1.807) is 24.3 Å². The maximum atomic E-state index is 12.2. The van der Waals surface area contributed by atoms with Crippen LogP contribution in [0.1, 0.15) is 43.9 Å². The minimum absolute atomic E-state index is 0.0368. The quantitative estimate of drug-likeness (QED) is 0.477. The van der Waals surface area contributed by atoms with E-state index >= 15 is 0 Å². The third kappa shape index (κ3) is 3.55. The summed E-state index contributed by atoms with van der Waals surface area (Å²) >= 11 is 5.71. The summed E-state index contributed by atoms with van der Waals surface area (Å²) in [5, 5.41) is 10.0. The third-order valence-electron chi connectivity index (χ3n) is 4.07. The minimum Gasteiger partial charge on any atom is -0.507 e. The van der Waals surface area contributed by atoms with Gasteiger partial charge in [-0.05, 0) is 43.2 Å². The Morgan fingerprint density at radius 3 is 2.31 bits per heavy atom. The van der Waals surface area contributed by atoms with Crippen molar-refractivity contribution in [3.8, 4) is 5.75 Å². The molecule has 0 atom stereocenters. The second-order valence-corrected chi connectivity index (χ2v) is 6.25. The number of benzene rings is 2. The Morgan fingerprint density at radius 1 is 1.04 bits per heavy atom. The monoisotopic (exact) mass is 373 g/mol. The summed E-state index contributed by atoms with van der Waals surface area (Å²) in [6.45, 7) is 0.375. The van der Waals surface area contributed by atoms with Gasteiger partial charge in [0.1, 0.15) is 11.3 Å². The summed E-state index contributed by atoms with van der Waals surface area (Å²) in [6.07, 6.45) is 0.985. The number of esters is 1. The lowest BCUT2D eigenvalue weighted by Crippen LogP contribution is -2.30. The largest absolute Gasteiger partial charge is 0.507 e. The topological polar surface area (TPSA) is 83.9 Å². The van der Waals surface area contributed by atoms with Gasteiger partial charge in [0.05, 0.1) is 17.7 Å². The highest BCUT2D eigenvalue weighted by Gasteiger charge is 2.34. The highest BCUT2D eigenvalue weighted by Crippen LogP contribution is 2.24. The second-order valence-electron chi connectivity index (χ2n) is 5.81. The highest BCUT2D eigenvalue weighted by molar-refractivity contribution is 6.30. The first-order chi connectivity index (χ1) is 12.5. The fraction of sp³-hybridized carbons (Fsp3) is 0.211. The van der Waals surface area contributed by atoms with E-state index in [0.717, 1.165) is 0 Å². The SMILES string of the molecule is O=C(OCCCCN1C(=O)c2ccccc2C1=O)c1ccc(Cl)cc1O. The van der Waals surface area contributed by atoms with E-state index in [0.29, 0.717) is 29.0 Å². The van der Waals surface area contributed by atoms with Crippen LogP contribution in [0.2, 0.25) is 5.02 Å². The molecular weight excluding hydrogens is 358 g/mol. The predicted molar refractivity (Wildman–Crippen MR) is 94.4 cm³/mol. The summed E-state index contributed by atoms with van der Waals surface area (Å²) in [6, 6.07) is 10.9. The van der Waals surface area contributed by atoms with Gasteiger partial charge in [-0.25, -0.2) is 4.79 Å². The molecule has 0 saturated heterocycles. The van der Waals surface area contributed by atoms with Crippen LogP contribution in [0.5, 0.6) is 5.75 Å². The molecule has 0 spiro atoms. The van der Waals surface area contributed by atoms with Crippen molar-refractivity contribution in [1.29, 1.82) is 0 Å².